The molecule has 0 unspecified atom stereocenters. The zero-order valence-corrected chi connectivity index (χ0v) is 8.66. The van der Waals surface area contributed by atoms with Crippen molar-refractivity contribution in [3.8, 4) is 0 Å². The summed E-state index contributed by atoms with van der Waals surface area (Å²) in [5, 5.41) is 3.77. The van der Waals surface area contributed by atoms with Gasteiger partial charge in [-0.05, 0) is 17.7 Å². The van der Waals surface area contributed by atoms with Gasteiger partial charge in [-0.15, -0.1) is 11.8 Å². The summed E-state index contributed by atoms with van der Waals surface area (Å²) in [5.41, 5.74) is 0. The standard InChI is InChI=1S/C5H8S.2C2H6/c1-3-5-6-4-2;2*1-2/h3-5H,2H2,1H3;2*1-2H3/b5-3-;;. The van der Waals surface area contributed by atoms with Gasteiger partial charge in [0.1, 0.15) is 0 Å². The molecule has 0 saturated heterocycles. The van der Waals surface area contributed by atoms with Gasteiger partial charge in [-0.1, -0.05) is 40.3 Å². The Hall–Kier alpha value is -0.170. The Morgan fingerprint density at radius 2 is 1.50 bits per heavy atom. The van der Waals surface area contributed by atoms with E-state index in [0.717, 1.165) is 0 Å². The van der Waals surface area contributed by atoms with Gasteiger partial charge in [0.2, 0.25) is 0 Å². The van der Waals surface area contributed by atoms with E-state index in [2.05, 4.69) is 6.58 Å². The van der Waals surface area contributed by atoms with Gasteiger partial charge in [0.25, 0.3) is 0 Å². The average molecular weight is 160 g/mol. The van der Waals surface area contributed by atoms with Gasteiger partial charge in [0.15, 0.2) is 0 Å². The number of allylic oxidation sites excluding steroid dienone is 1. The largest absolute Gasteiger partial charge is 0.107 e. The maximum absolute atomic E-state index is 3.51. The molecule has 1 heteroatoms. The van der Waals surface area contributed by atoms with Crippen molar-refractivity contribution in [1.29, 1.82) is 0 Å². The van der Waals surface area contributed by atoms with Gasteiger partial charge in [-0.3, -0.25) is 0 Å². The molecule has 0 amide bonds. The Bertz CT molecular complexity index is 55.7. The van der Waals surface area contributed by atoms with Crippen molar-refractivity contribution < 1.29 is 0 Å². The molecule has 0 radical (unpaired) electrons. The van der Waals surface area contributed by atoms with Gasteiger partial charge in [-0.2, -0.15) is 0 Å². The summed E-state index contributed by atoms with van der Waals surface area (Å²) in [5.74, 6) is 0. The van der Waals surface area contributed by atoms with Crippen molar-refractivity contribution in [3.05, 3.63) is 23.5 Å². The van der Waals surface area contributed by atoms with E-state index >= 15 is 0 Å². The van der Waals surface area contributed by atoms with Crippen LogP contribution in [0.5, 0.6) is 0 Å². The number of hydrogen-bond donors (Lipinski definition) is 0. The van der Waals surface area contributed by atoms with Crippen LogP contribution in [0.1, 0.15) is 34.6 Å². The molecule has 0 nitrogen and oxygen atoms in total. The monoisotopic (exact) mass is 160 g/mol. The summed E-state index contributed by atoms with van der Waals surface area (Å²) in [7, 11) is 0. The van der Waals surface area contributed by atoms with Crippen molar-refractivity contribution in [3.63, 3.8) is 0 Å². The summed E-state index contributed by atoms with van der Waals surface area (Å²) in [6.45, 7) is 13.5. The molecule has 0 saturated carbocycles. The molecule has 0 aromatic carbocycles. The quantitative estimate of drug-likeness (QED) is 0.575. The number of rotatable bonds is 2. The zero-order chi connectivity index (χ0) is 8.83. The second-order valence-corrected chi connectivity index (χ2v) is 1.65. The van der Waals surface area contributed by atoms with Gasteiger partial charge >= 0.3 is 0 Å². The fraction of sp³-hybridized carbons (Fsp3) is 0.556. The van der Waals surface area contributed by atoms with E-state index in [0.29, 0.717) is 0 Å². The number of thioether (sulfide) groups is 1. The first kappa shape index (κ1) is 16.4. The summed E-state index contributed by atoms with van der Waals surface area (Å²) in [6.07, 6.45) is 1.98. The third-order valence-corrected chi connectivity index (χ3v) is 0.933. The molecule has 0 aromatic rings. The molecule has 0 aliphatic rings. The second-order valence-electron chi connectivity index (χ2n) is 0.772. The van der Waals surface area contributed by atoms with E-state index in [1.807, 2.05) is 46.1 Å². The van der Waals surface area contributed by atoms with Gasteiger partial charge in [0, 0.05) is 0 Å². The summed E-state index contributed by atoms with van der Waals surface area (Å²) < 4.78 is 0. The highest BCUT2D eigenvalue weighted by Gasteiger charge is 1.57. The van der Waals surface area contributed by atoms with Crippen LogP contribution in [-0.4, -0.2) is 0 Å². The molecule has 0 atom stereocenters. The van der Waals surface area contributed by atoms with E-state index in [-0.39, 0.29) is 0 Å². The van der Waals surface area contributed by atoms with E-state index in [9.17, 15) is 0 Å². The minimum absolute atomic E-state index is 1.59. The van der Waals surface area contributed by atoms with Crippen LogP contribution in [0.3, 0.4) is 0 Å². The second kappa shape index (κ2) is 36.9. The van der Waals surface area contributed by atoms with Crippen LogP contribution in [-0.2, 0) is 0 Å². The van der Waals surface area contributed by atoms with Crippen molar-refractivity contribution in [2.75, 3.05) is 0 Å². The molecule has 0 bridgehead atoms. The predicted molar refractivity (Wildman–Crippen MR) is 55.3 cm³/mol. The molecular weight excluding hydrogens is 140 g/mol. The van der Waals surface area contributed by atoms with Crippen LogP contribution in [0.25, 0.3) is 0 Å². The van der Waals surface area contributed by atoms with Crippen molar-refractivity contribution in [2.45, 2.75) is 34.6 Å². The fourth-order valence-corrected chi connectivity index (χ4v) is 0.402. The molecular formula is C9H20S. The van der Waals surface area contributed by atoms with Crippen LogP contribution in [0.2, 0.25) is 0 Å². The molecule has 0 aliphatic heterocycles. The van der Waals surface area contributed by atoms with Crippen molar-refractivity contribution in [1.82, 2.24) is 0 Å². The molecule has 0 heterocycles. The normalized spacial score (nSPS) is 6.90. The molecule has 10 heavy (non-hydrogen) atoms. The smallest absolute Gasteiger partial charge is 0.0291 e. The van der Waals surface area contributed by atoms with Crippen molar-refractivity contribution >= 4 is 11.8 Å². The first-order valence-corrected chi connectivity index (χ1v) is 4.73. The first-order chi connectivity index (χ1) is 4.91. The lowest BCUT2D eigenvalue weighted by molar-refractivity contribution is 1.50. The Morgan fingerprint density at radius 1 is 1.10 bits per heavy atom. The van der Waals surface area contributed by atoms with Gasteiger partial charge in [-0.25, -0.2) is 0 Å². The lowest BCUT2D eigenvalue weighted by Gasteiger charge is -1.70. The Morgan fingerprint density at radius 3 is 1.60 bits per heavy atom. The topological polar surface area (TPSA) is 0 Å². The zero-order valence-electron chi connectivity index (χ0n) is 7.85. The molecule has 0 fully saturated rings. The molecule has 62 valence electrons. The van der Waals surface area contributed by atoms with E-state index in [1.54, 1.807) is 17.2 Å². The Labute approximate surface area is 70.4 Å². The van der Waals surface area contributed by atoms with Crippen LogP contribution in [0, 0.1) is 0 Å². The maximum Gasteiger partial charge on any atom is -0.0291 e. The Kier molecular flexibility index (Phi) is 60.6. The summed E-state index contributed by atoms with van der Waals surface area (Å²) >= 11 is 1.59. The number of hydrogen-bond acceptors (Lipinski definition) is 1. The highest BCUT2D eigenvalue weighted by molar-refractivity contribution is 8.04. The third kappa shape index (κ3) is 45.6. The van der Waals surface area contributed by atoms with E-state index in [4.69, 9.17) is 0 Å². The average Bonchev–Trinajstić information content (AvgIpc) is 2.08. The maximum atomic E-state index is 3.51. The fourth-order valence-electron chi connectivity index (χ4n) is 0.134. The lowest BCUT2D eigenvalue weighted by atomic mass is 10.8. The van der Waals surface area contributed by atoms with E-state index in [1.165, 1.54) is 0 Å². The minimum atomic E-state index is 1.59. The van der Waals surface area contributed by atoms with Crippen LogP contribution < -0.4 is 0 Å². The Balaban J connectivity index is -0.000000105. The van der Waals surface area contributed by atoms with Crippen LogP contribution in [0.4, 0.5) is 0 Å². The predicted octanol–water partition coefficient (Wildman–Crippen LogP) is 4.45. The molecule has 0 N–H and O–H groups in total. The lowest BCUT2D eigenvalue weighted by Crippen LogP contribution is -1.34. The molecule has 0 aromatic heterocycles. The molecule has 0 rings (SSSR count). The SMILES string of the molecule is C=CS/C=C\C.CC.CC. The summed E-state index contributed by atoms with van der Waals surface area (Å²) in [6, 6.07) is 0. The highest BCUT2D eigenvalue weighted by Crippen LogP contribution is 1.99. The highest BCUT2D eigenvalue weighted by atomic mass is 32.2. The van der Waals surface area contributed by atoms with E-state index < -0.39 is 0 Å². The van der Waals surface area contributed by atoms with Crippen LogP contribution in [0.15, 0.2) is 23.5 Å². The molecule has 0 aliphatic carbocycles. The first-order valence-electron chi connectivity index (χ1n) is 3.79. The summed E-state index contributed by atoms with van der Waals surface area (Å²) in [4.78, 5) is 0. The van der Waals surface area contributed by atoms with Gasteiger partial charge < -0.3 is 0 Å². The van der Waals surface area contributed by atoms with Crippen LogP contribution >= 0.6 is 11.8 Å². The third-order valence-electron chi connectivity index (χ3n) is 0.311. The molecule has 0 spiro atoms. The minimum Gasteiger partial charge on any atom is -0.107 e. The van der Waals surface area contributed by atoms with Gasteiger partial charge in [0.05, 0.1) is 0 Å². The van der Waals surface area contributed by atoms with Crippen molar-refractivity contribution in [2.24, 2.45) is 0 Å².